The lowest BCUT2D eigenvalue weighted by Gasteiger charge is -2.35. The van der Waals surface area contributed by atoms with Crippen molar-refractivity contribution in [3.8, 4) is 0 Å². The molecular formula is C11H23N3O3S. The van der Waals surface area contributed by atoms with Gasteiger partial charge in [-0.1, -0.05) is 0 Å². The topological polar surface area (TPSA) is 61.9 Å². The van der Waals surface area contributed by atoms with E-state index in [1.54, 1.807) is 8.61 Å². The molecule has 106 valence electrons. The van der Waals surface area contributed by atoms with E-state index in [2.05, 4.69) is 5.32 Å². The summed E-state index contributed by atoms with van der Waals surface area (Å²) in [5.41, 5.74) is 0. The van der Waals surface area contributed by atoms with E-state index in [1.165, 1.54) is 0 Å². The number of rotatable bonds is 4. The van der Waals surface area contributed by atoms with Gasteiger partial charge in [0.2, 0.25) is 0 Å². The van der Waals surface area contributed by atoms with Crippen molar-refractivity contribution in [2.45, 2.75) is 31.9 Å². The summed E-state index contributed by atoms with van der Waals surface area (Å²) in [6.07, 6.45) is 1.88. The van der Waals surface area contributed by atoms with Crippen molar-refractivity contribution in [1.82, 2.24) is 13.9 Å². The minimum Gasteiger partial charge on any atom is -0.376 e. The summed E-state index contributed by atoms with van der Waals surface area (Å²) in [7, 11) is -1.46. The molecule has 0 radical (unpaired) electrons. The number of hydrogen-bond acceptors (Lipinski definition) is 4. The smallest absolute Gasteiger partial charge is 0.282 e. The van der Waals surface area contributed by atoms with Gasteiger partial charge in [-0.05, 0) is 26.8 Å². The van der Waals surface area contributed by atoms with Crippen molar-refractivity contribution < 1.29 is 13.2 Å². The Labute approximate surface area is 109 Å². The van der Waals surface area contributed by atoms with Gasteiger partial charge in [-0.2, -0.15) is 17.0 Å². The van der Waals surface area contributed by atoms with Crippen LogP contribution in [0, 0.1) is 0 Å². The highest BCUT2D eigenvalue weighted by atomic mass is 32.2. The van der Waals surface area contributed by atoms with Crippen LogP contribution in [0.5, 0.6) is 0 Å². The van der Waals surface area contributed by atoms with Gasteiger partial charge >= 0.3 is 0 Å². The van der Waals surface area contributed by atoms with Gasteiger partial charge in [-0.25, -0.2) is 0 Å². The number of nitrogens with one attached hydrogen (secondary N) is 1. The van der Waals surface area contributed by atoms with E-state index in [1.807, 2.05) is 14.0 Å². The quantitative estimate of drug-likeness (QED) is 0.762. The molecule has 0 saturated carbocycles. The Morgan fingerprint density at radius 1 is 1.39 bits per heavy atom. The minimum absolute atomic E-state index is 0.0149. The maximum atomic E-state index is 12.6. The van der Waals surface area contributed by atoms with Gasteiger partial charge in [-0.15, -0.1) is 0 Å². The predicted octanol–water partition coefficient (Wildman–Crippen LogP) is -0.364. The highest BCUT2D eigenvalue weighted by Crippen LogP contribution is 2.24. The Bertz CT molecular complexity index is 374. The summed E-state index contributed by atoms with van der Waals surface area (Å²) < 4.78 is 33.8. The molecule has 0 amide bonds. The summed E-state index contributed by atoms with van der Waals surface area (Å²) in [6.45, 7) is 4.70. The average Bonchev–Trinajstić information content (AvgIpc) is 2.78. The lowest BCUT2D eigenvalue weighted by atomic mass is 10.2. The van der Waals surface area contributed by atoms with E-state index in [-0.39, 0.29) is 12.1 Å². The molecular weight excluding hydrogens is 254 g/mol. The molecule has 2 atom stereocenters. The van der Waals surface area contributed by atoms with Crippen LogP contribution in [0.2, 0.25) is 0 Å². The predicted molar refractivity (Wildman–Crippen MR) is 69.6 cm³/mol. The second-order valence-electron chi connectivity index (χ2n) is 5.01. The number of ether oxygens (including phenoxy) is 1. The van der Waals surface area contributed by atoms with Crippen molar-refractivity contribution >= 4 is 10.2 Å². The van der Waals surface area contributed by atoms with E-state index >= 15 is 0 Å². The van der Waals surface area contributed by atoms with Crippen LogP contribution in [0.25, 0.3) is 0 Å². The van der Waals surface area contributed by atoms with Crippen molar-refractivity contribution in [1.29, 1.82) is 0 Å². The largest absolute Gasteiger partial charge is 0.376 e. The van der Waals surface area contributed by atoms with Crippen molar-refractivity contribution in [2.75, 3.05) is 39.8 Å². The van der Waals surface area contributed by atoms with E-state index in [9.17, 15) is 8.42 Å². The number of likely N-dealkylation sites (N-methyl/N-ethyl adjacent to an activating group) is 1. The highest BCUT2D eigenvalue weighted by Gasteiger charge is 2.39. The number of nitrogens with zero attached hydrogens (tertiary/aromatic N) is 2. The summed E-state index contributed by atoms with van der Waals surface area (Å²) >= 11 is 0. The molecule has 0 aromatic rings. The summed E-state index contributed by atoms with van der Waals surface area (Å²) in [5, 5.41) is 3.07. The summed E-state index contributed by atoms with van der Waals surface area (Å²) in [4.78, 5) is 0. The molecule has 18 heavy (non-hydrogen) atoms. The molecule has 0 bridgehead atoms. The summed E-state index contributed by atoms with van der Waals surface area (Å²) in [5.74, 6) is 0. The van der Waals surface area contributed by atoms with Crippen LogP contribution >= 0.6 is 0 Å². The van der Waals surface area contributed by atoms with Crippen molar-refractivity contribution in [2.24, 2.45) is 0 Å². The first-order valence-electron chi connectivity index (χ1n) is 6.59. The standard InChI is InChI=1S/C11H23N3O3S/c1-10-9-13(6-7-17-10)18(15,16)14-5-3-4-11(14)8-12-2/h10-12H,3-9H2,1-2H3/t10-,11-/m0/s1. The van der Waals surface area contributed by atoms with Gasteiger partial charge in [0, 0.05) is 32.2 Å². The molecule has 0 unspecified atom stereocenters. The first-order valence-corrected chi connectivity index (χ1v) is 7.98. The van der Waals surface area contributed by atoms with E-state index in [0.29, 0.717) is 26.2 Å². The van der Waals surface area contributed by atoms with Gasteiger partial charge in [-0.3, -0.25) is 0 Å². The van der Waals surface area contributed by atoms with Crippen LogP contribution in [0.1, 0.15) is 19.8 Å². The number of hydrogen-bond donors (Lipinski definition) is 1. The number of morpholine rings is 1. The zero-order valence-electron chi connectivity index (χ0n) is 11.1. The van der Waals surface area contributed by atoms with Crippen LogP contribution in [-0.2, 0) is 14.9 Å². The van der Waals surface area contributed by atoms with Gasteiger partial charge in [0.05, 0.1) is 12.7 Å². The van der Waals surface area contributed by atoms with Gasteiger partial charge < -0.3 is 10.1 Å². The fourth-order valence-electron chi connectivity index (χ4n) is 2.70. The lowest BCUT2D eigenvalue weighted by molar-refractivity contribution is 0.00813. The zero-order valence-corrected chi connectivity index (χ0v) is 11.9. The van der Waals surface area contributed by atoms with Crippen molar-refractivity contribution in [3.05, 3.63) is 0 Å². The Hall–Kier alpha value is -0.210. The molecule has 0 spiro atoms. The summed E-state index contributed by atoms with van der Waals surface area (Å²) in [6, 6.07) is 0.0955. The molecule has 0 aromatic carbocycles. The molecule has 2 saturated heterocycles. The maximum absolute atomic E-state index is 12.6. The Balaban J connectivity index is 2.09. The molecule has 2 aliphatic heterocycles. The molecule has 7 heteroatoms. The average molecular weight is 277 g/mol. The molecule has 2 heterocycles. The molecule has 6 nitrogen and oxygen atoms in total. The van der Waals surface area contributed by atoms with E-state index < -0.39 is 10.2 Å². The highest BCUT2D eigenvalue weighted by molar-refractivity contribution is 7.86. The Morgan fingerprint density at radius 3 is 2.83 bits per heavy atom. The maximum Gasteiger partial charge on any atom is 0.282 e. The fourth-order valence-corrected chi connectivity index (χ4v) is 4.61. The normalized spacial score (nSPS) is 31.9. The monoisotopic (exact) mass is 277 g/mol. The third-order valence-corrected chi connectivity index (χ3v) is 5.65. The fraction of sp³-hybridized carbons (Fsp3) is 1.00. The Morgan fingerprint density at radius 2 is 2.17 bits per heavy atom. The SMILES string of the molecule is CNC[C@@H]1CCCN1S(=O)(=O)N1CCO[C@@H](C)C1. The third kappa shape index (κ3) is 2.85. The second-order valence-corrected chi connectivity index (χ2v) is 6.89. The Kier molecular flexibility index (Phi) is 4.60. The van der Waals surface area contributed by atoms with Crippen LogP contribution < -0.4 is 5.32 Å². The minimum atomic E-state index is -3.32. The van der Waals surface area contributed by atoms with Gasteiger partial charge in [0.1, 0.15) is 0 Å². The van der Waals surface area contributed by atoms with Crippen molar-refractivity contribution in [3.63, 3.8) is 0 Å². The van der Waals surface area contributed by atoms with Crippen LogP contribution in [0.15, 0.2) is 0 Å². The zero-order chi connectivity index (χ0) is 13.2. The van der Waals surface area contributed by atoms with E-state index in [0.717, 1.165) is 19.4 Å². The molecule has 1 N–H and O–H groups in total. The molecule has 0 aromatic heterocycles. The lowest BCUT2D eigenvalue weighted by Crippen LogP contribution is -2.53. The second kappa shape index (κ2) is 5.83. The first-order chi connectivity index (χ1) is 8.55. The molecule has 2 rings (SSSR count). The van der Waals surface area contributed by atoms with E-state index in [4.69, 9.17) is 4.74 Å². The van der Waals surface area contributed by atoms with Crippen LogP contribution in [-0.4, -0.2) is 69.0 Å². The molecule has 0 aliphatic carbocycles. The molecule has 2 fully saturated rings. The van der Waals surface area contributed by atoms with Gasteiger partial charge in [0.15, 0.2) is 0 Å². The van der Waals surface area contributed by atoms with Crippen LogP contribution in [0.3, 0.4) is 0 Å². The third-order valence-electron chi connectivity index (χ3n) is 3.59. The van der Waals surface area contributed by atoms with Crippen LogP contribution in [0.4, 0.5) is 0 Å². The molecule has 2 aliphatic rings. The van der Waals surface area contributed by atoms with Gasteiger partial charge in [0.25, 0.3) is 10.2 Å². The first kappa shape index (κ1) is 14.2.